The summed E-state index contributed by atoms with van der Waals surface area (Å²) in [6.45, 7) is 2.69. The Morgan fingerprint density at radius 3 is 1.34 bits per heavy atom. The summed E-state index contributed by atoms with van der Waals surface area (Å²) in [6, 6.07) is -0.832. The lowest BCUT2D eigenvalue weighted by atomic mass is 9.97. The Bertz CT molecular complexity index is 1690. The van der Waals surface area contributed by atoms with E-state index < -0.39 is 86.8 Å². The van der Waals surface area contributed by atoms with E-state index in [4.69, 9.17) is 18.9 Å². The highest BCUT2D eigenvalue weighted by Crippen LogP contribution is 2.30. The molecule has 9 N–H and O–H groups in total. The SMILES string of the molecule is CC/C=C\C/C=C\C/C=C\C/C=C\C/C=C\C/C=C\C/C=C\C/C=C\CCCCCCCCCCCCCCC(=O)NC(COC1OC(CO)C(OC2OC(CO)C(O)C(O)C2O)C(O)C1O)C(O)CCCCCCCCCC. The van der Waals surface area contributed by atoms with E-state index >= 15 is 0 Å². The summed E-state index contributed by atoms with van der Waals surface area (Å²) < 4.78 is 22.7. The van der Waals surface area contributed by atoms with Gasteiger partial charge in [-0.3, -0.25) is 4.79 Å². The zero-order valence-corrected chi connectivity index (χ0v) is 48.8. The van der Waals surface area contributed by atoms with Crippen molar-refractivity contribution in [3.05, 3.63) is 97.2 Å². The van der Waals surface area contributed by atoms with E-state index in [1.54, 1.807) is 0 Å². The van der Waals surface area contributed by atoms with Crippen LogP contribution >= 0.6 is 0 Å². The van der Waals surface area contributed by atoms with Crippen LogP contribution in [-0.2, 0) is 23.7 Å². The molecule has 0 aliphatic carbocycles. The summed E-state index contributed by atoms with van der Waals surface area (Å²) in [5.41, 5.74) is 0. The van der Waals surface area contributed by atoms with Crippen LogP contribution in [0, 0.1) is 0 Å². The van der Waals surface area contributed by atoms with Gasteiger partial charge >= 0.3 is 0 Å². The summed E-state index contributed by atoms with van der Waals surface area (Å²) in [7, 11) is 0. The molecule has 12 unspecified atom stereocenters. The van der Waals surface area contributed by atoms with E-state index in [0.29, 0.717) is 12.8 Å². The van der Waals surface area contributed by atoms with E-state index in [-0.39, 0.29) is 12.5 Å². The molecular weight excluding hydrogens is 1000 g/mol. The Labute approximate surface area is 477 Å². The third-order valence-electron chi connectivity index (χ3n) is 14.6. The van der Waals surface area contributed by atoms with Gasteiger partial charge in [0.1, 0.15) is 48.8 Å². The molecule has 0 saturated carbocycles. The molecule has 0 aromatic carbocycles. The molecular formula is C65H111NO13. The second-order valence-corrected chi connectivity index (χ2v) is 21.5. The number of rotatable bonds is 48. The number of aliphatic hydroxyl groups excluding tert-OH is 8. The number of carbonyl (C=O) groups excluding carboxylic acids is 1. The number of nitrogens with one attached hydrogen (secondary N) is 1. The van der Waals surface area contributed by atoms with Gasteiger partial charge in [-0.25, -0.2) is 0 Å². The number of hydrogen-bond donors (Lipinski definition) is 9. The van der Waals surface area contributed by atoms with E-state index in [1.807, 2.05) is 0 Å². The van der Waals surface area contributed by atoms with Gasteiger partial charge in [-0.1, -0.05) is 227 Å². The molecule has 14 heteroatoms. The first-order valence-corrected chi connectivity index (χ1v) is 31.0. The van der Waals surface area contributed by atoms with Gasteiger partial charge in [-0.05, 0) is 77.0 Å². The fraction of sp³-hybridized carbons (Fsp3) is 0.738. The van der Waals surface area contributed by atoms with Crippen molar-refractivity contribution in [2.45, 2.75) is 286 Å². The topological polar surface area (TPSA) is 228 Å². The van der Waals surface area contributed by atoms with Gasteiger partial charge in [0.15, 0.2) is 12.6 Å². The highest BCUT2D eigenvalue weighted by Gasteiger charge is 2.51. The molecule has 2 fully saturated rings. The average Bonchev–Trinajstić information content (AvgIpc) is 3.47. The van der Waals surface area contributed by atoms with Crippen molar-refractivity contribution < 1.29 is 64.6 Å². The molecule has 0 bridgehead atoms. The van der Waals surface area contributed by atoms with Gasteiger partial charge in [0.25, 0.3) is 0 Å². The average molecular weight is 1110 g/mol. The fourth-order valence-electron chi connectivity index (χ4n) is 9.61. The standard InChI is InChI=1S/C65H111NO13/c1-3-5-7-9-11-13-14-15-16-17-18-19-20-21-22-23-24-25-26-27-28-29-30-31-32-33-34-35-36-37-38-39-40-41-43-45-47-49-57(70)66-53(54(69)48-46-44-42-12-10-8-6-4-2)52-76-64-62(75)60(73)63(56(51-68)78-64)79-65-61(74)59(72)58(71)55(50-67)77-65/h5,7,11,13,15-16,18-19,21-22,24-25,27-28,30-31,53-56,58-65,67-69,71-75H,3-4,6,8-10,12,14,17,20,23,26,29,32-52H2,1-2H3,(H,66,70)/b7-5-,13-11-,16-15-,19-18-,22-21-,25-24-,28-27-,31-30-. The second-order valence-electron chi connectivity index (χ2n) is 21.5. The first kappa shape index (κ1) is 72.0. The summed E-state index contributed by atoms with van der Waals surface area (Å²) in [5.74, 6) is -0.216. The van der Waals surface area contributed by atoms with Crippen LogP contribution in [0.4, 0.5) is 0 Å². The lowest BCUT2D eigenvalue weighted by molar-refractivity contribution is -0.359. The van der Waals surface area contributed by atoms with Crippen molar-refractivity contribution in [3.8, 4) is 0 Å². The largest absolute Gasteiger partial charge is 0.394 e. The van der Waals surface area contributed by atoms with Crippen molar-refractivity contribution >= 4 is 5.91 Å². The molecule has 2 aliphatic heterocycles. The van der Waals surface area contributed by atoms with Crippen LogP contribution in [-0.4, -0.2) is 140 Å². The molecule has 2 saturated heterocycles. The van der Waals surface area contributed by atoms with Crippen molar-refractivity contribution in [2.24, 2.45) is 0 Å². The Hall–Kier alpha value is -3.09. The summed E-state index contributed by atoms with van der Waals surface area (Å²) in [5, 5.41) is 86.9. The lowest BCUT2D eigenvalue weighted by Crippen LogP contribution is -2.65. The maximum absolute atomic E-state index is 13.2. The fourth-order valence-corrected chi connectivity index (χ4v) is 9.61. The smallest absolute Gasteiger partial charge is 0.220 e. The maximum Gasteiger partial charge on any atom is 0.220 e. The van der Waals surface area contributed by atoms with Crippen molar-refractivity contribution in [3.63, 3.8) is 0 Å². The monoisotopic (exact) mass is 1110 g/mol. The minimum atomic E-state index is -1.78. The van der Waals surface area contributed by atoms with E-state index in [2.05, 4.69) is 116 Å². The molecule has 12 atom stereocenters. The first-order chi connectivity index (χ1) is 38.6. The normalized spacial score (nSPS) is 25.1. The van der Waals surface area contributed by atoms with E-state index in [0.717, 1.165) is 109 Å². The van der Waals surface area contributed by atoms with Crippen molar-refractivity contribution in [1.29, 1.82) is 0 Å². The third-order valence-corrected chi connectivity index (χ3v) is 14.6. The van der Waals surface area contributed by atoms with Gasteiger partial charge in [0, 0.05) is 6.42 Å². The molecule has 2 rings (SSSR count). The summed E-state index contributed by atoms with van der Waals surface area (Å²) in [6.07, 6.45) is 51.7. The molecule has 2 heterocycles. The van der Waals surface area contributed by atoms with Crippen LogP contribution in [0.1, 0.15) is 213 Å². The van der Waals surface area contributed by atoms with Crippen molar-refractivity contribution in [1.82, 2.24) is 5.32 Å². The van der Waals surface area contributed by atoms with Gasteiger partial charge < -0.3 is 65.1 Å². The molecule has 0 spiro atoms. The molecule has 14 nitrogen and oxygen atoms in total. The number of unbranched alkanes of at least 4 members (excludes halogenated alkanes) is 19. The highest BCUT2D eigenvalue weighted by atomic mass is 16.7. The molecule has 454 valence electrons. The number of aliphatic hydroxyl groups is 8. The second kappa shape index (κ2) is 49.5. The summed E-state index contributed by atoms with van der Waals surface area (Å²) >= 11 is 0. The third kappa shape index (κ3) is 34.8. The predicted molar refractivity (Wildman–Crippen MR) is 318 cm³/mol. The van der Waals surface area contributed by atoms with Crippen LogP contribution < -0.4 is 5.32 Å². The minimum absolute atomic E-state index is 0.216. The van der Waals surface area contributed by atoms with Crippen LogP contribution in [0.25, 0.3) is 0 Å². The maximum atomic E-state index is 13.2. The Balaban J connectivity index is 1.58. The Kier molecular flexibility index (Phi) is 45.1. The van der Waals surface area contributed by atoms with Crippen LogP contribution in [0.3, 0.4) is 0 Å². The van der Waals surface area contributed by atoms with Crippen LogP contribution in [0.5, 0.6) is 0 Å². The van der Waals surface area contributed by atoms with E-state index in [1.165, 1.54) is 77.0 Å². The van der Waals surface area contributed by atoms with Gasteiger partial charge in [0.05, 0.1) is 32.0 Å². The van der Waals surface area contributed by atoms with Crippen LogP contribution in [0.15, 0.2) is 97.2 Å². The zero-order valence-electron chi connectivity index (χ0n) is 48.8. The number of ether oxygens (including phenoxy) is 4. The van der Waals surface area contributed by atoms with Crippen LogP contribution in [0.2, 0.25) is 0 Å². The Morgan fingerprint density at radius 2 is 0.873 bits per heavy atom. The van der Waals surface area contributed by atoms with Gasteiger partial charge in [0.2, 0.25) is 5.91 Å². The number of allylic oxidation sites excluding steroid dienone is 16. The number of carbonyl (C=O) groups is 1. The predicted octanol–water partition coefficient (Wildman–Crippen LogP) is 11.1. The lowest BCUT2D eigenvalue weighted by Gasteiger charge is -2.46. The van der Waals surface area contributed by atoms with Gasteiger partial charge in [-0.2, -0.15) is 0 Å². The highest BCUT2D eigenvalue weighted by molar-refractivity contribution is 5.76. The minimum Gasteiger partial charge on any atom is -0.394 e. The van der Waals surface area contributed by atoms with Crippen molar-refractivity contribution in [2.75, 3.05) is 19.8 Å². The van der Waals surface area contributed by atoms with Gasteiger partial charge in [-0.15, -0.1) is 0 Å². The Morgan fingerprint density at radius 1 is 0.468 bits per heavy atom. The molecule has 2 aliphatic rings. The number of amides is 1. The summed E-state index contributed by atoms with van der Waals surface area (Å²) in [4.78, 5) is 13.2. The van der Waals surface area contributed by atoms with E-state index in [9.17, 15) is 45.6 Å². The number of hydrogen-bond acceptors (Lipinski definition) is 13. The quantitative estimate of drug-likeness (QED) is 0.0204. The molecule has 0 radical (unpaired) electrons. The molecule has 79 heavy (non-hydrogen) atoms. The molecule has 1 amide bonds. The zero-order chi connectivity index (χ0) is 57.4. The molecule has 0 aromatic rings. The first-order valence-electron chi connectivity index (χ1n) is 31.0. The molecule has 0 aromatic heterocycles.